The maximum Gasteiger partial charge on any atom is 0.255 e. The lowest BCUT2D eigenvalue weighted by atomic mass is 9.90. The van der Waals surface area contributed by atoms with E-state index in [9.17, 15) is 27.1 Å². The number of sulfone groups is 1. The molecule has 48 heavy (non-hydrogen) atoms. The number of carbonyl (C=O) groups is 1. The van der Waals surface area contributed by atoms with E-state index in [0.717, 1.165) is 34.7 Å². The van der Waals surface area contributed by atoms with Crippen LogP contribution in [0.15, 0.2) is 96.4 Å². The van der Waals surface area contributed by atoms with Crippen molar-refractivity contribution >= 4 is 44.0 Å². The maximum atomic E-state index is 14.9. The molecule has 6 rings (SSSR count). The lowest BCUT2D eigenvalue weighted by molar-refractivity contribution is -0.179. The average molecular weight is 695 g/mol. The molecule has 0 saturated carbocycles. The SMILES string of the molecule is CC(SC1COC(c2ccc3cc(C(=O)Nc4ccc(S(C)(=O)=O)cc4)ccc3c2)OC1)C(O)(Cn1cncn1)c1ccc(F)cc1F. The van der Waals surface area contributed by atoms with Crippen LogP contribution in [0.2, 0.25) is 0 Å². The number of anilines is 1. The smallest absolute Gasteiger partial charge is 0.255 e. The Bertz CT molecular complexity index is 2040. The lowest BCUT2D eigenvalue weighted by Gasteiger charge is -2.37. The summed E-state index contributed by atoms with van der Waals surface area (Å²) in [6.45, 7) is 2.27. The van der Waals surface area contributed by atoms with Gasteiger partial charge in [0, 0.05) is 39.9 Å². The monoisotopic (exact) mass is 694 g/mol. The Labute approximate surface area is 280 Å². The van der Waals surface area contributed by atoms with Crippen LogP contribution in [-0.2, 0) is 31.5 Å². The second-order valence-electron chi connectivity index (χ2n) is 11.6. The molecule has 2 N–H and O–H groups in total. The fourth-order valence-electron chi connectivity index (χ4n) is 5.53. The second kappa shape index (κ2) is 13.7. The molecule has 2 atom stereocenters. The molecule has 14 heteroatoms. The Hall–Kier alpha value is -4.21. The van der Waals surface area contributed by atoms with Crippen LogP contribution in [0.5, 0.6) is 0 Å². The Morgan fingerprint density at radius 1 is 1.04 bits per heavy atom. The molecule has 0 bridgehead atoms. The highest BCUT2D eigenvalue weighted by atomic mass is 32.2. The van der Waals surface area contributed by atoms with Gasteiger partial charge in [-0.25, -0.2) is 26.9 Å². The number of amides is 1. The molecule has 4 aromatic carbocycles. The van der Waals surface area contributed by atoms with Gasteiger partial charge >= 0.3 is 0 Å². The number of nitrogens with zero attached hydrogens (tertiary/aromatic N) is 3. The van der Waals surface area contributed by atoms with Crippen LogP contribution in [0.3, 0.4) is 0 Å². The topological polar surface area (TPSA) is 133 Å². The van der Waals surface area contributed by atoms with E-state index in [1.165, 1.54) is 47.3 Å². The fraction of sp³-hybridized carbons (Fsp3) is 0.265. The van der Waals surface area contributed by atoms with Gasteiger partial charge in [0.25, 0.3) is 5.91 Å². The van der Waals surface area contributed by atoms with Crippen molar-refractivity contribution < 1.29 is 36.6 Å². The number of halogens is 2. The molecule has 2 heterocycles. The van der Waals surface area contributed by atoms with E-state index < -0.39 is 38.6 Å². The van der Waals surface area contributed by atoms with E-state index in [0.29, 0.717) is 24.5 Å². The zero-order valence-corrected chi connectivity index (χ0v) is 27.5. The minimum absolute atomic E-state index is 0.0463. The number of rotatable bonds is 10. The molecule has 250 valence electrons. The van der Waals surface area contributed by atoms with Crippen molar-refractivity contribution in [2.24, 2.45) is 0 Å². The van der Waals surface area contributed by atoms with Gasteiger partial charge in [0.15, 0.2) is 16.1 Å². The van der Waals surface area contributed by atoms with Gasteiger partial charge in [-0.1, -0.05) is 31.2 Å². The zero-order chi connectivity index (χ0) is 34.1. The first kappa shape index (κ1) is 33.7. The number of benzene rings is 4. The van der Waals surface area contributed by atoms with Crippen LogP contribution in [0, 0.1) is 11.6 Å². The Morgan fingerprint density at radius 2 is 1.75 bits per heavy atom. The summed E-state index contributed by atoms with van der Waals surface area (Å²) in [6.07, 6.45) is 3.22. The van der Waals surface area contributed by atoms with E-state index in [4.69, 9.17) is 9.47 Å². The molecule has 0 spiro atoms. The summed E-state index contributed by atoms with van der Waals surface area (Å²) in [6, 6.07) is 20.0. The van der Waals surface area contributed by atoms with Gasteiger partial charge in [0.1, 0.15) is 29.9 Å². The van der Waals surface area contributed by atoms with E-state index in [1.54, 1.807) is 31.2 Å². The van der Waals surface area contributed by atoms with Crippen molar-refractivity contribution in [2.45, 2.75) is 40.8 Å². The summed E-state index contributed by atoms with van der Waals surface area (Å²) in [5.41, 5.74) is -0.0915. The molecule has 1 aromatic heterocycles. The molecule has 10 nitrogen and oxygen atoms in total. The maximum absolute atomic E-state index is 14.9. The first-order valence-electron chi connectivity index (χ1n) is 14.9. The third kappa shape index (κ3) is 7.42. The summed E-state index contributed by atoms with van der Waals surface area (Å²) >= 11 is 1.38. The number of aromatic nitrogens is 3. The summed E-state index contributed by atoms with van der Waals surface area (Å²) in [7, 11) is -3.34. The van der Waals surface area contributed by atoms with Gasteiger partial charge in [0.2, 0.25) is 0 Å². The molecule has 2 unspecified atom stereocenters. The molecule has 1 saturated heterocycles. The van der Waals surface area contributed by atoms with Crippen molar-refractivity contribution in [1.29, 1.82) is 0 Å². The number of carbonyl (C=O) groups excluding carboxylic acids is 1. The van der Waals surface area contributed by atoms with Crippen molar-refractivity contribution in [3.05, 3.63) is 120 Å². The summed E-state index contributed by atoms with van der Waals surface area (Å²) < 4.78 is 65.5. The predicted molar refractivity (Wildman–Crippen MR) is 177 cm³/mol. The minimum atomic E-state index is -3.34. The molecule has 1 fully saturated rings. The first-order valence-corrected chi connectivity index (χ1v) is 17.8. The number of ether oxygens (including phenoxy) is 2. The summed E-state index contributed by atoms with van der Waals surface area (Å²) in [5.74, 6) is -1.93. The minimum Gasteiger partial charge on any atom is -0.382 e. The van der Waals surface area contributed by atoms with Crippen LogP contribution in [-0.4, -0.2) is 64.2 Å². The highest BCUT2D eigenvalue weighted by molar-refractivity contribution is 8.00. The zero-order valence-electron chi connectivity index (χ0n) is 25.9. The molecule has 1 amide bonds. The highest BCUT2D eigenvalue weighted by Gasteiger charge is 2.41. The molecule has 5 aromatic rings. The normalized spacial score (nSPS) is 18.7. The predicted octanol–water partition coefficient (Wildman–Crippen LogP) is 5.49. The quantitative estimate of drug-likeness (QED) is 0.195. The van der Waals surface area contributed by atoms with Crippen LogP contribution in [0.25, 0.3) is 10.8 Å². The standard InChI is InChI=1S/C34H32F2N4O6S2/c1-21(34(42,18-40-20-37-19-38-40)30-12-7-26(35)15-31(30)36)47-28-16-45-33(46-17-28)25-6-4-22-13-24(5-3-23(22)14-25)32(41)39-27-8-10-29(11-9-27)48(2,43)44/h3-15,19-21,28,33,42H,16-18H2,1-2H3,(H,39,41). The van der Waals surface area contributed by atoms with Crippen LogP contribution >= 0.6 is 11.8 Å². The third-order valence-corrected chi connectivity index (χ3v) is 10.7. The second-order valence-corrected chi connectivity index (χ2v) is 15.3. The van der Waals surface area contributed by atoms with E-state index in [1.807, 2.05) is 24.3 Å². The third-order valence-electron chi connectivity index (χ3n) is 8.14. The van der Waals surface area contributed by atoms with Gasteiger partial charge in [0.05, 0.1) is 29.9 Å². The number of aliphatic hydroxyl groups is 1. The van der Waals surface area contributed by atoms with Gasteiger partial charge in [-0.2, -0.15) is 5.10 Å². The molecule has 0 aliphatic carbocycles. The average Bonchev–Trinajstić information content (AvgIpc) is 3.57. The van der Waals surface area contributed by atoms with Gasteiger partial charge in [-0.3, -0.25) is 4.79 Å². The van der Waals surface area contributed by atoms with Gasteiger partial charge in [-0.15, -0.1) is 11.8 Å². The van der Waals surface area contributed by atoms with Crippen molar-refractivity contribution in [3.63, 3.8) is 0 Å². The van der Waals surface area contributed by atoms with Crippen LogP contribution in [0.1, 0.15) is 34.7 Å². The lowest BCUT2D eigenvalue weighted by Crippen LogP contribution is -2.43. The summed E-state index contributed by atoms with van der Waals surface area (Å²) in [5, 5.41) is 19.6. The van der Waals surface area contributed by atoms with Crippen molar-refractivity contribution in [3.8, 4) is 0 Å². The van der Waals surface area contributed by atoms with E-state index in [-0.39, 0.29) is 28.2 Å². The van der Waals surface area contributed by atoms with E-state index >= 15 is 0 Å². The summed E-state index contributed by atoms with van der Waals surface area (Å²) in [4.78, 5) is 17.0. The Kier molecular flexibility index (Phi) is 9.63. The number of thioether (sulfide) groups is 1. The number of hydrogen-bond acceptors (Lipinski definition) is 9. The van der Waals surface area contributed by atoms with E-state index in [2.05, 4.69) is 15.4 Å². The van der Waals surface area contributed by atoms with Gasteiger partial charge in [-0.05, 0) is 59.3 Å². The molecule has 1 aliphatic heterocycles. The first-order chi connectivity index (χ1) is 22.9. The molecule has 1 aliphatic rings. The highest BCUT2D eigenvalue weighted by Crippen LogP contribution is 2.40. The Balaban J connectivity index is 1.09. The fourth-order valence-corrected chi connectivity index (χ4v) is 7.48. The Morgan fingerprint density at radius 3 is 2.42 bits per heavy atom. The van der Waals surface area contributed by atoms with Crippen LogP contribution in [0.4, 0.5) is 14.5 Å². The molecular weight excluding hydrogens is 663 g/mol. The largest absolute Gasteiger partial charge is 0.382 e. The van der Waals surface area contributed by atoms with Crippen LogP contribution < -0.4 is 5.32 Å². The molecule has 0 radical (unpaired) electrons. The number of hydrogen-bond donors (Lipinski definition) is 2. The number of fused-ring (bicyclic) bond motifs is 1. The van der Waals surface area contributed by atoms with Crippen molar-refractivity contribution in [2.75, 3.05) is 24.8 Å². The molecular formula is C34H32F2N4O6S2. The van der Waals surface area contributed by atoms with Crippen molar-refractivity contribution in [1.82, 2.24) is 14.8 Å². The number of nitrogens with one attached hydrogen (secondary N) is 1. The van der Waals surface area contributed by atoms with Gasteiger partial charge < -0.3 is 19.9 Å².